The molecule has 4 heterocycles. The molecule has 0 aliphatic carbocycles. The quantitative estimate of drug-likeness (QED) is 0.344. The first-order valence-corrected chi connectivity index (χ1v) is 12.6. The van der Waals surface area contributed by atoms with Gasteiger partial charge in [-0.05, 0) is 30.2 Å². The lowest BCUT2D eigenvalue weighted by Crippen LogP contribution is -2.37. The van der Waals surface area contributed by atoms with Gasteiger partial charge >= 0.3 is 5.69 Å². The van der Waals surface area contributed by atoms with Gasteiger partial charge in [-0.3, -0.25) is 23.7 Å². The molecule has 1 aliphatic heterocycles. The summed E-state index contributed by atoms with van der Waals surface area (Å²) in [6.45, 7) is 5.45. The van der Waals surface area contributed by atoms with E-state index in [1.54, 1.807) is 11.3 Å². The first-order valence-electron chi connectivity index (χ1n) is 10.7. The van der Waals surface area contributed by atoms with Crippen LogP contribution in [0.2, 0.25) is 0 Å². The van der Waals surface area contributed by atoms with Crippen LogP contribution in [-0.2, 0) is 17.8 Å². The number of carbonyl (C=O) groups is 1. The van der Waals surface area contributed by atoms with Crippen LogP contribution in [0.3, 0.4) is 0 Å². The Balaban J connectivity index is 1.59. The Morgan fingerprint density at radius 3 is 2.85 bits per heavy atom. The number of rotatable bonds is 9. The molecule has 0 amide bonds. The average Bonchev–Trinajstić information content (AvgIpc) is 3.52. The summed E-state index contributed by atoms with van der Waals surface area (Å²) in [5.74, 6) is 0.184. The van der Waals surface area contributed by atoms with Crippen LogP contribution in [0.5, 0.6) is 0 Å². The van der Waals surface area contributed by atoms with Crippen molar-refractivity contribution in [3.63, 3.8) is 0 Å². The van der Waals surface area contributed by atoms with E-state index >= 15 is 0 Å². The van der Waals surface area contributed by atoms with Crippen LogP contribution in [0, 0.1) is 5.92 Å². The SMILES string of the molecule is CC(C)Cn1c(N)c(C(=O)CSc2nnc(-c3cccs3)n2CC2CCCO2)c(=O)[nH]c1=O. The van der Waals surface area contributed by atoms with E-state index in [2.05, 4.69) is 15.2 Å². The Kier molecular flexibility index (Phi) is 7.15. The highest BCUT2D eigenvalue weighted by molar-refractivity contribution is 7.99. The van der Waals surface area contributed by atoms with Crippen LogP contribution >= 0.6 is 23.1 Å². The Morgan fingerprint density at radius 1 is 1.36 bits per heavy atom. The van der Waals surface area contributed by atoms with E-state index < -0.39 is 17.0 Å². The zero-order valence-electron chi connectivity index (χ0n) is 18.4. The van der Waals surface area contributed by atoms with Crippen molar-refractivity contribution < 1.29 is 9.53 Å². The van der Waals surface area contributed by atoms with Crippen LogP contribution in [0.4, 0.5) is 5.82 Å². The van der Waals surface area contributed by atoms with Crippen molar-refractivity contribution in [1.29, 1.82) is 0 Å². The third-order valence-electron chi connectivity index (χ3n) is 5.27. The number of hydrogen-bond donors (Lipinski definition) is 2. The van der Waals surface area contributed by atoms with Gasteiger partial charge in [-0.2, -0.15) is 0 Å². The molecule has 1 atom stereocenters. The second-order valence-electron chi connectivity index (χ2n) is 8.26. The fourth-order valence-electron chi connectivity index (χ4n) is 3.75. The Hall–Kier alpha value is -2.70. The molecule has 12 heteroatoms. The number of anilines is 1. The van der Waals surface area contributed by atoms with Crippen LogP contribution < -0.4 is 17.0 Å². The van der Waals surface area contributed by atoms with Crippen molar-refractivity contribution in [1.82, 2.24) is 24.3 Å². The van der Waals surface area contributed by atoms with E-state index in [-0.39, 0.29) is 29.2 Å². The molecule has 33 heavy (non-hydrogen) atoms. The number of nitrogens with two attached hydrogens (primary N) is 1. The topological polar surface area (TPSA) is 138 Å². The fourth-order valence-corrected chi connectivity index (χ4v) is 5.28. The van der Waals surface area contributed by atoms with Gasteiger partial charge in [0.2, 0.25) is 0 Å². The number of nitrogens with zero attached hydrogens (tertiary/aromatic N) is 4. The van der Waals surface area contributed by atoms with E-state index in [1.165, 1.54) is 16.3 Å². The molecule has 1 fully saturated rings. The zero-order chi connectivity index (χ0) is 23.5. The van der Waals surface area contributed by atoms with Gasteiger partial charge < -0.3 is 10.5 Å². The van der Waals surface area contributed by atoms with Gasteiger partial charge in [0.05, 0.1) is 23.3 Å². The number of ether oxygens (including phenoxy) is 1. The number of hydrogen-bond acceptors (Lipinski definition) is 9. The molecule has 176 valence electrons. The summed E-state index contributed by atoms with van der Waals surface area (Å²) in [5.41, 5.74) is 4.48. The van der Waals surface area contributed by atoms with Crippen molar-refractivity contribution >= 4 is 34.7 Å². The maximum absolute atomic E-state index is 13.0. The fraction of sp³-hybridized carbons (Fsp3) is 0.476. The lowest BCUT2D eigenvalue weighted by molar-refractivity contribution is 0.0953. The molecule has 0 aromatic carbocycles. The van der Waals surface area contributed by atoms with Crippen LogP contribution in [0.25, 0.3) is 10.7 Å². The van der Waals surface area contributed by atoms with E-state index in [4.69, 9.17) is 10.5 Å². The summed E-state index contributed by atoms with van der Waals surface area (Å²) in [6.07, 6.45) is 2.03. The van der Waals surface area contributed by atoms with Crippen molar-refractivity contribution in [3.8, 4) is 10.7 Å². The van der Waals surface area contributed by atoms with E-state index in [9.17, 15) is 14.4 Å². The van der Waals surface area contributed by atoms with Crippen LogP contribution in [-0.4, -0.2) is 48.6 Å². The smallest absolute Gasteiger partial charge is 0.329 e. The molecule has 3 N–H and O–H groups in total. The first-order chi connectivity index (χ1) is 15.8. The number of H-pyrrole nitrogens is 1. The van der Waals surface area contributed by atoms with Gasteiger partial charge in [-0.25, -0.2) is 4.79 Å². The standard InChI is InChI=1S/C21H26N6O4S2/c1-12(2)9-26-17(22)16(19(29)23-20(26)30)14(28)11-33-21-25-24-18(15-6-4-8-32-15)27(21)10-13-5-3-7-31-13/h4,6,8,12-13H,3,5,7,9-11,22H2,1-2H3,(H,23,29,30). The van der Waals surface area contributed by atoms with E-state index in [1.807, 2.05) is 35.9 Å². The summed E-state index contributed by atoms with van der Waals surface area (Å²) < 4.78 is 8.99. The van der Waals surface area contributed by atoms with Crippen molar-refractivity contribution in [2.24, 2.45) is 5.92 Å². The van der Waals surface area contributed by atoms with Gasteiger partial charge in [-0.1, -0.05) is 31.7 Å². The summed E-state index contributed by atoms with van der Waals surface area (Å²) in [5, 5.41) is 11.2. The van der Waals surface area contributed by atoms with Crippen LogP contribution in [0.1, 0.15) is 37.0 Å². The summed E-state index contributed by atoms with van der Waals surface area (Å²) in [6, 6.07) is 3.92. The number of aromatic nitrogens is 5. The molecular weight excluding hydrogens is 464 g/mol. The molecule has 3 aromatic rings. The summed E-state index contributed by atoms with van der Waals surface area (Å²) in [4.78, 5) is 40.7. The van der Waals surface area contributed by atoms with Gasteiger partial charge in [0.1, 0.15) is 11.4 Å². The number of thiophene rings is 1. The molecule has 3 aromatic heterocycles. The van der Waals surface area contributed by atoms with Gasteiger partial charge in [0.15, 0.2) is 16.8 Å². The minimum Gasteiger partial charge on any atom is -0.384 e. The predicted octanol–water partition coefficient (Wildman–Crippen LogP) is 2.25. The van der Waals surface area contributed by atoms with Crippen molar-refractivity contribution in [3.05, 3.63) is 43.9 Å². The minimum absolute atomic E-state index is 0.0628. The van der Waals surface area contributed by atoms with Crippen LogP contribution in [0.15, 0.2) is 32.3 Å². The third kappa shape index (κ3) is 5.12. The highest BCUT2D eigenvalue weighted by Crippen LogP contribution is 2.29. The highest BCUT2D eigenvalue weighted by Gasteiger charge is 2.24. The number of ketones is 1. The molecule has 0 bridgehead atoms. The van der Waals surface area contributed by atoms with Crippen molar-refractivity contribution in [2.75, 3.05) is 18.1 Å². The van der Waals surface area contributed by atoms with Gasteiger partial charge in [-0.15, -0.1) is 21.5 Å². The number of nitrogens with one attached hydrogen (secondary N) is 1. The van der Waals surface area contributed by atoms with E-state index in [0.29, 0.717) is 18.2 Å². The maximum Gasteiger partial charge on any atom is 0.329 e. The summed E-state index contributed by atoms with van der Waals surface area (Å²) >= 11 is 2.75. The van der Waals surface area contributed by atoms with Crippen molar-refractivity contribution in [2.45, 2.75) is 51.0 Å². The normalized spacial score (nSPS) is 16.0. The molecule has 1 saturated heterocycles. The van der Waals surface area contributed by atoms with Gasteiger partial charge in [0.25, 0.3) is 5.56 Å². The number of aromatic amines is 1. The average molecular weight is 491 g/mol. The molecule has 10 nitrogen and oxygen atoms in total. The number of thioether (sulfide) groups is 1. The predicted molar refractivity (Wildman–Crippen MR) is 128 cm³/mol. The minimum atomic E-state index is -0.775. The molecule has 0 spiro atoms. The second kappa shape index (κ2) is 10.1. The third-order valence-corrected chi connectivity index (χ3v) is 7.10. The number of Topliss-reactive ketones (excluding diaryl/α,β-unsaturated/α-hetero) is 1. The molecule has 1 unspecified atom stereocenters. The van der Waals surface area contributed by atoms with Gasteiger partial charge in [0, 0.05) is 13.2 Å². The summed E-state index contributed by atoms with van der Waals surface area (Å²) in [7, 11) is 0. The Bertz CT molecular complexity index is 1240. The Labute approximate surface area is 198 Å². The lowest BCUT2D eigenvalue weighted by Gasteiger charge is -2.15. The molecular formula is C21H26N6O4S2. The number of nitrogen functional groups attached to an aromatic ring is 1. The highest BCUT2D eigenvalue weighted by atomic mass is 32.2. The molecule has 0 saturated carbocycles. The number of carbonyl (C=O) groups excluding carboxylic acids is 1. The van der Waals surface area contributed by atoms with E-state index in [0.717, 1.165) is 30.2 Å². The largest absolute Gasteiger partial charge is 0.384 e. The zero-order valence-corrected chi connectivity index (χ0v) is 20.1. The lowest BCUT2D eigenvalue weighted by atomic mass is 10.2. The molecule has 1 aliphatic rings. The Morgan fingerprint density at radius 2 is 2.18 bits per heavy atom. The maximum atomic E-state index is 13.0. The first kappa shape index (κ1) is 23.5. The molecule has 0 radical (unpaired) electrons. The molecule has 4 rings (SSSR count). The second-order valence-corrected chi connectivity index (χ2v) is 10.2. The monoisotopic (exact) mass is 490 g/mol.